The number of ether oxygens (including phenoxy) is 3. The summed E-state index contributed by atoms with van der Waals surface area (Å²) < 4.78 is 16.4. The van der Waals surface area contributed by atoms with E-state index in [1.807, 2.05) is 38.4 Å². The van der Waals surface area contributed by atoms with Gasteiger partial charge in [0.15, 0.2) is 11.5 Å². The minimum Gasteiger partial charge on any atom is -0.493 e. The summed E-state index contributed by atoms with van der Waals surface area (Å²) >= 11 is 0. The Morgan fingerprint density at radius 2 is 1.86 bits per heavy atom. The van der Waals surface area contributed by atoms with Crippen LogP contribution in [0.5, 0.6) is 17.2 Å². The van der Waals surface area contributed by atoms with Crippen molar-refractivity contribution in [1.82, 2.24) is 15.3 Å². The van der Waals surface area contributed by atoms with Crippen LogP contribution in [0.15, 0.2) is 36.4 Å². The van der Waals surface area contributed by atoms with Gasteiger partial charge in [-0.05, 0) is 74.4 Å². The molecule has 8 nitrogen and oxygen atoms in total. The molecular weight excluding hydrogens is 454 g/mol. The molecule has 194 valence electrons. The van der Waals surface area contributed by atoms with E-state index in [1.165, 1.54) is 19.3 Å². The largest absolute Gasteiger partial charge is 0.493 e. The summed E-state index contributed by atoms with van der Waals surface area (Å²) in [5, 5.41) is 8.28. The smallest absolute Gasteiger partial charge is 0.231 e. The fourth-order valence-corrected chi connectivity index (χ4v) is 5.07. The van der Waals surface area contributed by atoms with Crippen molar-refractivity contribution in [3.05, 3.63) is 42.0 Å². The Morgan fingerprint density at radius 1 is 1.06 bits per heavy atom. The van der Waals surface area contributed by atoms with Gasteiger partial charge in [-0.15, -0.1) is 0 Å². The van der Waals surface area contributed by atoms with Gasteiger partial charge < -0.3 is 29.7 Å². The molecule has 2 heterocycles. The van der Waals surface area contributed by atoms with Gasteiger partial charge in [0.05, 0.1) is 12.6 Å². The molecule has 1 aromatic heterocycles. The number of rotatable bonds is 9. The van der Waals surface area contributed by atoms with Crippen molar-refractivity contribution in [2.45, 2.75) is 52.1 Å². The lowest BCUT2D eigenvalue weighted by Gasteiger charge is -2.29. The summed E-state index contributed by atoms with van der Waals surface area (Å²) in [5.41, 5.74) is 2.13. The molecule has 0 amide bonds. The number of nitrogens with zero attached hydrogens (tertiary/aromatic N) is 3. The molecule has 2 N–H and O–H groups in total. The minimum atomic E-state index is 0. The lowest BCUT2D eigenvalue weighted by molar-refractivity contribution is 0.171. The Kier molecular flexibility index (Phi) is 8.36. The second-order valence-electron chi connectivity index (χ2n) is 9.64. The Balaban J connectivity index is 0.00000304. The fourth-order valence-electron chi connectivity index (χ4n) is 5.07. The number of hydrogen-bond acceptors (Lipinski definition) is 8. The van der Waals surface area contributed by atoms with E-state index in [1.54, 1.807) is 7.11 Å². The maximum absolute atomic E-state index is 5.53. The summed E-state index contributed by atoms with van der Waals surface area (Å²) in [6.45, 7) is 2.04. The van der Waals surface area contributed by atoms with Crippen LogP contribution >= 0.6 is 0 Å². The van der Waals surface area contributed by atoms with Crippen LogP contribution in [0, 0.1) is 5.92 Å². The standard InChI is InChI=1S/C27H35N5O3.CH4/c1-32(2)26-21-6-4-5-7-22(21)30-27(31-26)29-20-10-8-18(9-11-20)12-13-28-16-19-14-23(33-3)25-24(15-19)34-17-35-25;/h4-7,14-15,18,20,28H,8-13,16-17H2,1-3H3,(H,29,30,31);1H4. The first-order chi connectivity index (χ1) is 17.1. The van der Waals surface area contributed by atoms with Crippen LogP contribution in [0.3, 0.4) is 0 Å². The molecule has 0 bridgehead atoms. The zero-order valence-corrected chi connectivity index (χ0v) is 20.8. The highest BCUT2D eigenvalue weighted by Crippen LogP contribution is 2.41. The van der Waals surface area contributed by atoms with Crippen molar-refractivity contribution in [2.24, 2.45) is 5.92 Å². The predicted octanol–water partition coefficient (Wildman–Crippen LogP) is 5.22. The highest BCUT2D eigenvalue weighted by molar-refractivity contribution is 5.90. The predicted molar refractivity (Wildman–Crippen MR) is 145 cm³/mol. The Bertz CT molecular complexity index is 1160. The first kappa shape index (κ1) is 25.8. The van der Waals surface area contributed by atoms with Crippen molar-refractivity contribution < 1.29 is 14.2 Å². The SMILES string of the molecule is C.COc1cc(CNCCC2CCC(Nc3nc(N(C)C)c4ccccc4n3)CC2)cc2c1OCO2. The molecule has 2 aromatic carbocycles. The van der Waals surface area contributed by atoms with E-state index >= 15 is 0 Å². The maximum atomic E-state index is 5.53. The first-order valence-corrected chi connectivity index (χ1v) is 12.5. The summed E-state index contributed by atoms with van der Waals surface area (Å²) in [7, 11) is 5.72. The molecule has 1 aliphatic heterocycles. The molecule has 36 heavy (non-hydrogen) atoms. The number of methoxy groups -OCH3 is 1. The summed E-state index contributed by atoms with van der Waals surface area (Å²) in [5.74, 6) is 4.64. The van der Waals surface area contributed by atoms with Gasteiger partial charge in [0, 0.05) is 32.1 Å². The van der Waals surface area contributed by atoms with Crippen LogP contribution in [-0.2, 0) is 6.54 Å². The number of hydrogen-bond donors (Lipinski definition) is 2. The quantitative estimate of drug-likeness (QED) is 0.393. The number of nitrogens with one attached hydrogen (secondary N) is 2. The molecule has 1 aliphatic carbocycles. The van der Waals surface area contributed by atoms with Crippen LogP contribution in [0.2, 0.25) is 0 Å². The highest BCUT2D eigenvalue weighted by Gasteiger charge is 2.23. The van der Waals surface area contributed by atoms with Gasteiger partial charge in [-0.3, -0.25) is 0 Å². The summed E-state index contributed by atoms with van der Waals surface area (Å²) in [4.78, 5) is 11.6. The van der Waals surface area contributed by atoms with Gasteiger partial charge in [-0.25, -0.2) is 4.98 Å². The van der Waals surface area contributed by atoms with E-state index in [9.17, 15) is 0 Å². The Labute approximate surface area is 214 Å². The van der Waals surface area contributed by atoms with E-state index in [2.05, 4.69) is 27.7 Å². The van der Waals surface area contributed by atoms with E-state index < -0.39 is 0 Å². The third kappa shape index (κ3) is 5.75. The maximum Gasteiger partial charge on any atom is 0.231 e. The van der Waals surface area contributed by atoms with Gasteiger partial charge >= 0.3 is 0 Å². The first-order valence-electron chi connectivity index (χ1n) is 12.5. The van der Waals surface area contributed by atoms with E-state index in [-0.39, 0.29) is 14.2 Å². The van der Waals surface area contributed by atoms with Gasteiger partial charge in [0.1, 0.15) is 5.82 Å². The topological polar surface area (TPSA) is 80.8 Å². The van der Waals surface area contributed by atoms with Crippen molar-refractivity contribution in [3.8, 4) is 17.2 Å². The Hall–Kier alpha value is -3.26. The van der Waals surface area contributed by atoms with Crippen molar-refractivity contribution in [2.75, 3.05) is 44.8 Å². The molecular formula is C28H39N5O3. The zero-order chi connectivity index (χ0) is 24.2. The molecule has 0 spiro atoms. The van der Waals surface area contributed by atoms with Gasteiger partial charge in [-0.1, -0.05) is 19.6 Å². The molecule has 0 saturated heterocycles. The van der Waals surface area contributed by atoms with Crippen LogP contribution in [0.4, 0.5) is 11.8 Å². The summed E-state index contributed by atoms with van der Waals surface area (Å²) in [6, 6.07) is 12.7. The van der Waals surface area contributed by atoms with Gasteiger partial charge in [0.25, 0.3) is 0 Å². The Morgan fingerprint density at radius 3 is 2.64 bits per heavy atom. The van der Waals surface area contributed by atoms with Crippen LogP contribution in [0.1, 0.15) is 45.1 Å². The van der Waals surface area contributed by atoms with E-state index in [4.69, 9.17) is 24.2 Å². The third-order valence-electron chi connectivity index (χ3n) is 6.96. The molecule has 0 unspecified atom stereocenters. The van der Waals surface area contributed by atoms with Crippen LogP contribution < -0.4 is 29.7 Å². The number of anilines is 2. The van der Waals surface area contributed by atoms with Gasteiger partial charge in [-0.2, -0.15) is 4.98 Å². The number of aromatic nitrogens is 2. The van der Waals surface area contributed by atoms with Crippen molar-refractivity contribution in [1.29, 1.82) is 0 Å². The number of benzene rings is 2. The molecule has 0 atom stereocenters. The number of para-hydroxylation sites is 1. The van der Waals surface area contributed by atoms with E-state index in [0.717, 1.165) is 71.6 Å². The monoisotopic (exact) mass is 493 g/mol. The van der Waals surface area contributed by atoms with Crippen LogP contribution in [-0.4, -0.2) is 50.6 Å². The average Bonchev–Trinajstić information content (AvgIpc) is 3.35. The van der Waals surface area contributed by atoms with E-state index in [0.29, 0.717) is 11.8 Å². The lowest BCUT2D eigenvalue weighted by Crippen LogP contribution is -2.28. The molecule has 8 heteroatoms. The molecule has 1 fully saturated rings. The second kappa shape index (κ2) is 11.6. The molecule has 3 aromatic rings. The van der Waals surface area contributed by atoms with Crippen LogP contribution in [0.25, 0.3) is 10.9 Å². The number of fused-ring (bicyclic) bond motifs is 2. The molecule has 2 aliphatic rings. The molecule has 5 rings (SSSR count). The van der Waals surface area contributed by atoms with Crippen molar-refractivity contribution in [3.63, 3.8) is 0 Å². The second-order valence-corrected chi connectivity index (χ2v) is 9.64. The third-order valence-corrected chi connectivity index (χ3v) is 6.96. The fraction of sp³-hybridized carbons (Fsp3) is 0.500. The van der Waals surface area contributed by atoms with Crippen molar-refractivity contribution >= 4 is 22.7 Å². The van der Waals surface area contributed by atoms with Gasteiger partial charge in [0.2, 0.25) is 18.5 Å². The molecule has 0 radical (unpaired) electrons. The zero-order valence-electron chi connectivity index (χ0n) is 20.8. The minimum absolute atomic E-state index is 0. The summed E-state index contributed by atoms with van der Waals surface area (Å²) in [6.07, 6.45) is 5.94. The normalized spacial score (nSPS) is 18.5. The molecule has 1 saturated carbocycles. The highest BCUT2D eigenvalue weighted by atomic mass is 16.7. The lowest BCUT2D eigenvalue weighted by atomic mass is 9.84. The average molecular weight is 494 g/mol.